The molecule has 3 rings (SSSR count). The summed E-state index contributed by atoms with van der Waals surface area (Å²) in [6, 6.07) is 10.3. The fourth-order valence-corrected chi connectivity index (χ4v) is 3.73. The van der Waals surface area contributed by atoms with E-state index in [-0.39, 0.29) is 11.9 Å². The molecule has 1 aromatic heterocycles. The van der Waals surface area contributed by atoms with Crippen molar-refractivity contribution >= 4 is 17.2 Å². The molecule has 2 heterocycles. The third kappa shape index (κ3) is 4.63. The molecular formula is C18H23N3O2S. The highest BCUT2D eigenvalue weighted by Crippen LogP contribution is 2.27. The molecule has 6 heteroatoms. The Morgan fingerprint density at radius 2 is 2.25 bits per heavy atom. The van der Waals surface area contributed by atoms with Crippen molar-refractivity contribution in [3.63, 3.8) is 0 Å². The molecular weight excluding hydrogens is 322 g/mol. The molecule has 24 heavy (non-hydrogen) atoms. The number of aryl methyl sites for hydroxylation is 1. The van der Waals surface area contributed by atoms with E-state index in [9.17, 15) is 4.79 Å². The summed E-state index contributed by atoms with van der Waals surface area (Å²) >= 11 is 1.70. The number of aromatic nitrogens is 1. The van der Waals surface area contributed by atoms with Gasteiger partial charge in [-0.25, -0.2) is 4.98 Å². The van der Waals surface area contributed by atoms with E-state index < -0.39 is 0 Å². The zero-order chi connectivity index (χ0) is 16.8. The van der Waals surface area contributed by atoms with Gasteiger partial charge in [0, 0.05) is 42.4 Å². The van der Waals surface area contributed by atoms with E-state index >= 15 is 0 Å². The number of hydrogen-bond acceptors (Lipinski definition) is 5. The highest BCUT2D eigenvalue weighted by Gasteiger charge is 2.16. The van der Waals surface area contributed by atoms with Gasteiger partial charge < -0.3 is 15.4 Å². The van der Waals surface area contributed by atoms with Crippen molar-refractivity contribution in [2.75, 3.05) is 26.3 Å². The summed E-state index contributed by atoms with van der Waals surface area (Å²) in [6.07, 6.45) is 1.23. The Balaban J connectivity index is 1.47. The number of carbonyl (C=O) groups is 1. The van der Waals surface area contributed by atoms with Crippen LogP contribution >= 0.6 is 11.3 Å². The molecule has 1 unspecified atom stereocenters. The normalized spacial score (nSPS) is 17.6. The van der Waals surface area contributed by atoms with E-state index in [1.54, 1.807) is 11.3 Å². The quantitative estimate of drug-likeness (QED) is 0.842. The van der Waals surface area contributed by atoms with Crippen molar-refractivity contribution in [2.24, 2.45) is 0 Å². The second-order valence-corrected chi connectivity index (χ2v) is 7.20. The molecule has 2 N–H and O–H groups in total. The zero-order valence-electron chi connectivity index (χ0n) is 13.9. The molecule has 0 aliphatic carbocycles. The monoisotopic (exact) mass is 345 g/mol. The third-order valence-corrected chi connectivity index (χ3v) is 5.01. The first-order valence-corrected chi connectivity index (χ1v) is 9.13. The lowest BCUT2D eigenvalue weighted by molar-refractivity contribution is -0.122. The number of nitrogens with one attached hydrogen (secondary N) is 2. The summed E-state index contributed by atoms with van der Waals surface area (Å²) in [4.78, 5) is 17.9. The van der Waals surface area contributed by atoms with Gasteiger partial charge in [-0.2, -0.15) is 0 Å². The average Bonchev–Trinajstić information content (AvgIpc) is 2.97. The van der Waals surface area contributed by atoms with Gasteiger partial charge in [-0.15, -0.1) is 11.3 Å². The number of ether oxygens (including phenoxy) is 1. The molecule has 1 atom stereocenters. The van der Waals surface area contributed by atoms with E-state index in [2.05, 4.69) is 29.7 Å². The predicted molar refractivity (Wildman–Crippen MR) is 96.2 cm³/mol. The average molecular weight is 345 g/mol. The fourth-order valence-electron chi connectivity index (χ4n) is 2.78. The van der Waals surface area contributed by atoms with Crippen molar-refractivity contribution < 1.29 is 9.53 Å². The summed E-state index contributed by atoms with van der Waals surface area (Å²) < 4.78 is 5.36. The molecule has 128 valence electrons. The first-order chi connectivity index (χ1) is 11.7. The van der Waals surface area contributed by atoms with Gasteiger partial charge in [0.2, 0.25) is 5.91 Å². The number of rotatable bonds is 6. The van der Waals surface area contributed by atoms with E-state index in [1.165, 1.54) is 4.88 Å². The maximum absolute atomic E-state index is 12.0. The van der Waals surface area contributed by atoms with Crippen LogP contribution in [0.25, 0.3) is 11.3 Å². The lowest BCUT2D eigenvalue weighted by Crippen LogP contribution is -2.44. The van der Waals surface area contributed by atoms with Crippen LogP contribution in [-0.2, 0) is 16.0 Å². The topological polar surface area (TPSA) is 63.2 Å². The lowest BCUT2D eigenvalue weighted by atomic mass is 10.1. The molecule has 1 fully saturated rings. The molecule has 2 aromatic rings. The molecule has 0 saturated carbocycles. The van der Waals surface area contributed by atoms with Gasteiger partial charge in [0.1, 0.15) is 0 Å². The van der Waals surface area contributed by atoms with Crippen molar-refractivity contribution in [3.8, 4) is 11.3 Å². The van der Waals surface area contributed by atoms with Gasteiger partial charge in [-0.05, 0) is 6.92 Å². The zero-order valence-corrected chi connectivity index (χ0v) is 14.7. The second kappa shape index (κ2) is 8.37. The largest absolute Gasteiger partial charge is 0.378 e. The van der Waals surface area contributed by atoms with Gasteiger partial charge in [-0.3, -0.25) is 4.79 Å². The Kier molecular flexibility index (Phi) is 5.96. The molecule has 0 bridgehead atoms. The highest BCUT2D eigenvalue weighted by molar-refractivity contribution is 7.12. The van der Waals surface area contributed by atoms with Gasteiger partial charge in [0.05, 0.1) is 23.9 Å². The van der Waals surface area contributed by atoms with Crippen LogP contribution in [0.4, 0.5) is 0 Å². The molecule has 0 spiro atoms. The predicted octanol–water partition coefficient (Wildman–Crippen LogP) is 2.16. The minimum atomic E-state index is 0.0644. The van der Waals surface area contributed by atoms with Crippen LogP contribution in [0.1, 0.15) is 16.3 Å². The van der Waals surface area contributed by atoms with Crippen LogP contribution in [0.3, 0.4) is 0 Å². The standard InChI is InChI=1S/C18H23N3O2S/c1-13-18(14-5-3-2-4-6-14)21-17(24-13)7-8-20-16(22)11-15-12-23-10-9-19-15/h2-6,15,19H,7-12H2,1H3,(H,20,22). The Morgan fingerprint density at radius 1 is 1.42 bits per heavy atom. The van der Waals surface area contributed by atoms with Crippen LogP contribution in [0.15, 0.2) is 30.3 Å². The van der Waals surface area contributed by atoms with Crippen LogP contribution in [0.5, 0.6) is 0 Å². The maximum Gasteiger partial charge on any atom is 0.221 e. The molecule has 1 aliphatic heterocycles. The number of benzene rings is 1. The summed E-state index contributed by atoms with van der Waals surface area (Å²) in [5.74, 6) is 0.0644. The van der Waals surface area contributed by atoms with Crippen molar-refractivity contribution in [1.29, 1.82) is 0 Å². The summed E-state index contributed by atoms with van der Waals surface area (Å²) in [5, 5.41) is 7.33. The minimum absolute atomic E-state index is 0.0644. The summed E-state index contributed by atoms with van der Waals surface area (Å²) in [7, 11) is 0. The number of carbonyl (C=O) groups excluding carboxylic acids is 1. The van der Waals surface area contributed by atoms with Gasteiger partial charge >= 0.3 is 0 Å². The van der Waals surface area contributed by atoms with E-state index in [4.69, 9.17) is 9.72 Å². The van der Waals surface area contributed by atoms with Crippen LogP contribution in [0, 0.1) is 6.92 Å². The minimum Gasteiger partial charge on any atom is -0.378 e. The van der Waals surface area contributed by atoms with Gasteiger partial charge in [0.25, 0.3) is 0 Å². The Morgan fingerprint density at radius 3 is 3.00 bits per heavy atom. The van der Waals surface area contributed by atoms with Crippen LogP contribution in [0.2, 0.25) is 0 Å². The number of amides is 1. The van der Waals surface area contributed by atoms with E-state index in [1.807, 2.05) is 18.2 Å². The van der Waals surface area contributed by atoms with Gasteiger partial charge in [-0.1, -0.05) is 30.3 Å². The maximum atomic E-state index is 12.0. The number of nitrogens with zero attached hydrogens (tertiary/aromatic N) is 1. The Hall–Kier alpha value is -1.76. The second-order valence-electron chi connectivity index (χ2n) is 5.91. The molecule has 1 aromatic carbocycles. The van der Waals surface area contributed by atoms with E-state index in [0.29, 0.717) is 19.6 Å². The first-order valence-electron chi connectivity index (χ1n) is 8.32. The lowest BCUT2D eigenvalue weighted by Gasteiger charge is -2.23. The molecule has 1 amide bonds. The molecule has 5 nitrogen and oxygen atoms in total. The summed E-state index contributed by atoms with van der Waals surface area (Å²) in [5.41, 5.74) is 2.19. The van der Waals surface area contributed by atoms with Crippen molar-refractivity contribution in [2.45, 2.75) is 25.8 Å². The van der Waals surface area contributed by atoms with Crippen LogP contribution in [-0.4, -0.2) is 43.2 Å². The highest BCUT2D eigenvalue weighted by atomic mass is 32.1. The smallest absolute Gasteiger partial charge is 0.221 e. The molecule has 0 radical (unpaired) electrons. The SMILES string of the molecule is Cc1sc(CCNC(=O)CC2COCCN2)nc1-c1ccccc1. The first kappa shape index (κ1) is 17.1. The number of morpholine rings is 1. The molecule has 1 aliphatic rings. The van der Waals surface area contributed by atoms with Crippen LogP contribution < -0.4 is 10.6 Å². The molecule has 1 saturated heterocycles. The third-order valence-electron chi connectivity index (χ3n) is 3.98. The summed E-state index contributed by atoms with van der Waals surface area (Å²) in [6.45, 7) is 4.87. The fraction of sp³-hybridized carbons (Fsp3) is 0.444. The Labute approximate surface area is 146 Å². The number of thiazole rings is 1. The van der Waals surface area contributed by atoms with Gasteiger partial charge in [0.15, 0.2) is 0 Å². The number of hydrogen-bond donors (Lipinski definition) is 2. The van der Waals surface area contributed by atoms with Crippen molar-refractivity contribution in [3.05, 3.63) is 40.2 Å². The van der Waals surface area contributed by atoms with E-state index in [0.717, 1.165) is 35.8 Å². The van der Waals surface area contributed by atoms with Crippen molar-refractivity contribution in [1.82, 2.24) is 15.6 Å². The Bertz CT molecular complexity index is 666.